The number of benzene rings is 2. The number of halogens is 4. The van der Waals surface area contributed by atoms with E-state index < -0.39 is 17.7 Å². The van der Waals surface area contributed by atoms with Crippen LogP contribution in [-0.4, -0.2) is 20.2 Å². The van der Waals surface area contributed by atoms with E-state index in [9.17, 15) is 8.78 Å². The van der Waals surface area contributed by atoms with Crippen molar-refractivity contribution >= 4 is 37.8 Å². The summed E-state index contributed by atoms with van der Waals surface area (Å²) in [5, 5.41) is 14.7. The molecule has 1 aromatic heterocycles. The number of nitrogens with one attached hydrogen (secondary N) is 1. The van der Waals surface area contributed by atoms with Crippen LogP contribution in [0.3, 0.4) is 0 Å². The Morgan fingerprint density at radius 2 is 2.00 bits per heavy atom. The van der Waals surface area contributed by atoms with Crippen molar-refractivity contribution in [2.75, 3.05) is 5.32 Å². The van der Waals surface area contributed by atoms with Crippen LogP contribution in [0.5, 0.6) is 0 Å². The smallest absolute Gasteiger partial charge is 0.244 e. The monoisotopic (exact) mass is 469 g/mol. The van der Waals surface area contributed by atoms with Gasteiger partial charge < -0.3 is 5.32 Å². The van der Waals surface area contributed by atoms with Gasteiger partial charge in [-0.25, -0.2) is 13.5 Å². The fraction of sp³-hybridized carbons (Fsp3) is 0.188. The van der Waals surface area contributed by atoms with Gasteiger partial charge in [0.1, 0.15) is 11.6 Å². The third-order valence-corrected chi connectivity index (χ3v) is 5.32. The van der Waals surface area contributed by atoms with Gasteiger partial charge in [-0.1, -0.05) is 33.2 Å². The van der Waals surface area contributed by atoms with E-state index in [1.807, 2.05) is 24.3 Å². The molecule has 0 bridgehead atoms. The number of hydrogen-bond donors (Lipinski definition) is 1. The highest BCUT2D eigenvalue weighted by Crippen LogP contribution is 2.40. The van der Waals surface area contributed by atoms with Gasteiger partial charge in [-0.2, -0.15) is 0 Å². The average Bonchev–Trinajstić information content (AvgIpc) is 3.07. The maximum atomic E-state index is 14.6. The Morgan fingerprint density at radius 1 is 1.16 bits per heavy atom. The molecule has 0 saturated heterocycles. The molecule has 3 aromatic rings. The summed E-state index contributed by atoms with van der Waals surface area (Å²) in [6, 6.07) is 9.49. The lowest BCUT2D eigenvalue weighted by molar-refractivity contribution is 0.392. The summed E-state index contributed by atoms with van der Waals surface area (Å²) >= 11 is 6.57. The van der Waals surface area contributed by atoms with Gasteiger partial charge in [0.05, 0.1) is 16.6 Å². The van der Waals surface area contributed by atoms with Gasteiger partial charge in [0.2, 0.25) is 5.95 Å². The van der Waals surface area contributed by atoms with Gasteiger partial charge in [0.25, 0.3) is 0 Å². The van der Waals surface area contributed by atoms with Crippen LogP contribution >= 0.6 is 31.9 Å². The average molecular weight is 471 g/mol. The van der Waals surface area contributed by atoms with E-state index in [0.717, 1.165) is 10.0 Å². The molecule has 0 unspecified atom stereocenters. The standard InChI is InChI=1S/C16H11Br2F2N5/c17-9-3-1-2-8(6-9)12-7-13(25-16(21-12)22-23-24-25)14-11(19)5-4-10(18)15(14)20/h1-6,12-13H,7H2,(H,21,22,24)/t12-,13+/m1/s1. The van der Waals surface area contributed by atoms with Crippen molar-refractivity contribution in [2.24, 2.45) is 0 Å². The van der Waals surface area contributed by atoms with E-state index in [0.29, 0.717) is 12.4 Å². The molecule has 0 spiro atoms. The molecule has 0 aliphatic carbocycles. The Kier molecular flexibility index (Phi) is 4.28. The molecule has 1 aliphatic rings. The lowest BCUT2D eigenvalue weighted by Crippen LogP contribution is -2.29. The molecule has 0 radical (unpaired) electrons. The Balaban J connectivity index is 1.82. The second kappa shape index (κ2) is 6.45. The van der Waals surface area contributed by atoms with Gasteiger partial charge in [0, 0.05) is 10.0 Å². The first-order valence-electron chi connectivity index (χ1n) is 7.48. The van der Waals surface area contributed by atoms with Crippen molar-refractivity contribution in [3.8, 4) is 0 Å². The Labute approximate surface area is 158 Å². The van der Waals surface area contributed by atoms with E-state index in [1.54, 1.807) is 0 Å². The van der Waals surface area contributed by atoms with Gasteiger partial charge in [-0.3, -0.25) is 0 Å². The number of fused-ring (bicyclic) bond motifs is 1. The predicted octanol–water partition coefficient (Wildman–Crippen LogP) is 4.62. The Morgan fingerprint density at radius 3 is 2.80 bits per heavy atom. The topological polar surface area (TPSA) is 55.6 Å². The highest BCUT2D eigenvalue weighted by atomic mass is 79.9. The number of hydrogen-bond acceptors (Lipinski definition) is 4. The molecule has 25 heavy (non-hydrogen) atoms. The molecule has 2 aromatic carbocycles. The Hall–Kier alpha value is -1.87. The van der Waals surface area contributed by atoms with Gasteiger partial charge in [-0.15, -0.1) is 0 Å². The summed E-state index contributed by atoms with van der Waals surface area (Å²) in [4.78, 5) is 0. The first-order valence-corrected chi connectivity index (χ1v) is 9.06. The summed E-state index contributed by atoms with van der Waals surface area (Å²) in [5.74, 6) is -0.886. The number of rotatable bonds is 2. The van der Waals surface area contributed by atoms with Crippen molar-refractivity contribution in [1.82, 2.24) is 20.2 Å². The Bertz CT molecular complexity index is 946. The summed E-state index contributed by atoms with van der Waals surface area (Å²) < 4.78 is 31.6. The number of anilines is 1. The number of tetrazole rings is 1. The van der Waals surface area contributed by atoms with Crippen LogP contribution < -0.4 is 5.32 Å². The SMILES string of the molecule is Fc1ccc(Br)c(F)c1[C@@H]1C[C@H](c2cccc(Br)c2)Nc2nnnn21. The molecule has 1 N–H and O–H groups in total. The summed E-state index contributed by atoms with van der Waals surface area (Å²) in [6.07, 6.45) is 0.402. The number of nitrogens with zero attached hydrogens (tertiary/aromatic N) is 4. The third kappa shape index (κ3) is 2.95. The van der Waals surface area contributed by atoms with E-state index in [-0.39, 0.29) is 16.1 Å². The minimum absolute atomic E-state index is 0.0515. The van der Waals surface area contributed by atoms with Gasteiger partial charge >= 0.3 is 0 Å². The maximum Gasteiger partial charge on any atom is 0.244 e. The summed E-state index contributed by atoms with van der Waals surface area (Å²) in [6.45, 7) is 0. The van der Waals surface area contributed by atoms with E-state index in [2.05, 4.69) is 52.7 Å². The van der Waals surface area contributed by atoms with Crippen LogP contribution in [0.2, 0.25) is 0 Å². The zero-order valence-corrected chi connectivity index (χ0v) is 15.8. The van der Waals surface area contributed by atoms with Crippen molar-refractivity contribution in [3.05, 3.63) is 68.1 Å². The van der Waals surface area contributed by atoms with Crippen molar-refractivity contribution in [1.29, 1.82) is 0 Å². The normalized spacial score (nSPS) is 19.4. The van der Waals surface area contributed by atoms with Crippen LogP contribution in [0, 0.1) is 11.6 Å². The minimum Gasteiger partial charge on any atom is -0.346 e. The lowest BCUT2D eigenvalue weighted by atomic mass is 9.93. The molecule has 9 heteroatoms. The van der Waals surface area contributed by atoms with Crippen molar-refractivity contribution in [3.63, 3.8) is 0 Å². The van der Waals surface area contributed by atoms with Crippen LogP contribution in [0.1, 0.15) is 29.6 Å². The molecule has 2 atom stereocenters. The molecule has 2 heterocycles. The first-order chi connectivity index (χ1) is 12.0. The fourth-order valence-electron chi connectivity index (χ4n) is 3.07. The molecule has 1 aliphatic heterocycles. The maximum absolute atomic E-state index is 14.6. The van der Waals surface area contributed by atoms with Crippen LogP contribution in [0.25, 0.3) is 0 Å². The van der Waals surface area contributed by atoms with Crippen LogP contribution in [-0.2, 0) is 0 Å². The van der Waals surface area contributed by atoms with Crippen molar-refractivity contribution in [2.45, 2.75) is 18.5 Å². The largest absolute Gasteiger partial charge is 0.346 e. The highest BCUT2D eigenvalue weighted by molar-refractivity contribution is 9.10. The lowest BCUT2D eigenvalue weighted by Gasteiger charge is -2.31. The fourth-order valence-corrected chi connectivity index (χ4v) is 3.83. The van der Waals surface area contributed by atoms with Crippen molar-refractivity contribution < 1.29 is 8.78 Å². The molecule has 128 valence electrons. The third-order valence-electron chi connectivity index (χ3n) is 4.21. The zero-order valence-electron chi connectivity index (χ0n) is 12.6. The second-order valence-corrected chi connectivity index (χ2v) is 7.48. The first kappa shape index (κ1) is 16.6. The van der Waals surface area contributed by atoms with Crippen LogP contribution in [0.15, 0.2) is 45.3 Å². The van der Waals surface area contributed by atoms with E-state index >= 15 is 0 Å². The molecular formula is C16H11Br2F2N5. The predicted molar refractivity (Wildman–Crippen MR) is 95.1 cm³/mol. The molecule has 0 amide bonds. The number of aromatic nitrogens is 4. The zero-order chi connectivity index (χ0) is 17.6. The van der Waals surface area contributed by atoms with Crippen LogP contribution in [0.4, 0.5) is 14.7 Å². The molecule has 0 fully saturated rings. The highest BCUT2D eigenvalue weighted by Gasteiger charge is 2.34. The van der Waals surface area contributed by atoms with Gasteiger partial charge in [-0.05, 0) is 62.6 Å². The quantitative estimate of drug-likeness (QED) is 0.555. The minimum atomic E-state index is -0.660. The molecule has 5 nitrogen and oxygen atoms in total. The van der Waals surface area contributed by atoms with Gasteiger partial charge in [0.15, 0.2) is 0 Å². The molecular weight excluding hydrogens is 460 g/mol. The molecule has 0 saturated carbocycles. The van der Waals surface area contributed by atoms with E-state index in [1.165, 1.54) is 16.8 Å². The second-order valence-electron chi connectivity index (χ2n) is 5.71. The summed E-state index contributed by atoms with van der Waals surface area (Å²) in [7, 11) is 0. The molecule has 4 rings (SSSR count). The summed E-state index contributed by atoms with van der Waals surface area (Å²) in [5.41, 5.74) is 0.925. The van der Waals surface area contributed by atoms with E-state index in [4.69, 9.17) is 0 Å².